The van der Waals surface area contributed by atoms with E-state index in [2.05, 4.69) is 31.7 Å². The molecule has 3 heteroatoms. The van der Waals surface area contributed by atoms with E-state index in [1.807, 2.05) is 12.1 Å². The zero-order valence-corrected chi connectivity index (χ0v) is 10.1. The van der Waals surface area contributed by atoms with Crippen LogP contribution in [0.25, 0.3) is 4.85 Å². The van der Waals surface area contributed by atoms with Crippen LogP contribution in [0.1, 0.15) is 18.4 Å². The van der Waals surface area contributed by atoms with E-state index in [-0.39, 0.29) is 0 Å². The fourth-order valence-electron chi connectivity index (χ4n) is 1.96. The van der Waals surface area contributed by atoms with Gasteiger partial charge in [-0.15, -0.1) is 0 Å². The summed E-state index contributed by atoms with van der Waals surface area (Å²) in [5.41, 5.74) is 1.92. The van der Waals surface area contributed by atoms with Crippen molar-refractivity contribution in [3.05, 3.63) is 39.7 Å². The van der Waals surface area contributed by atoms with Gasteiger partial charge in [0.05, 0.1) is 6.57 Å². The minimum Gasteiger partial charge on any atom is -0.300 e. The average molecular weight is 265 g/mol. The van der Waals surface area contributed by atoms with Gasteiger partial charge < -0.3 is 4.90 Å². The maximum absolute atomic E-state index is 7.14. The fourth-order valence-corrected chi connectivity index (χ4v) is 2.31. The maximum atomic E-state index is 7.14. The number of benzene rings is 1. The minimum absolute atomic E-state index is 0.774. The Morgan fingerprint density at radius 2 is 2.07 bits per heavy atom. The van der Waals surface area contributed by atoms with Gasteiger partial charge in [0.1, 0.15) is 0 Å². The van der Waals surface area contributed by atoms with Crippen LogP contribution in [0.4, 0.5) is 5.69 Å². The third kappa shape index (κ3) is 2.58. The van der Waals surface area contributed by atoms with Crippen molar-refractivity contribution in [2.45, 2.75) is 19.4 Å². The van der Waals surface area contributed by atoms with Crippen LogP contribution in [-0.2, 0) is 6.54 Å². The summed E-state index contributed by atoms with van der Waals surface area (Å²) >= 11 is 3.39. The van der Waals surface area contributed by atoms with Crippen molar-refractivity contribution in [2.75, 3.05) is 13.1 Å². The Balaban J connectivity index is 2.16. The van der Waals surface area contributed by atoms with Crippen molar-refractivity contribution in [2.24, 2.45) is 0 Å². The molecular formula is C12H13BrN2. The molecule has 0 N–H and O–H groups in total. The second-order valence-corrected chi connectivity index (χ2v) is 4.78. The van der Waals surface area contributed by atoms with Gasteiger partial charge in [-0.25, -0.2) is 4.85 Å². The van der Waals surface area contributed by atoms with E-state index in [9.17, 15) is 0 Å². The van der Waals surface area contributed by atoms with Gasteiger partial charge in [0.2, 0.25) is 0 Å². The van der Waals surface area contributed by atoms with Gasteiger partial charge in [-0.05, 0) is 37.6 Å². The second kappa shape index (κ2) is 4.78. The quantitative estimate of drug-likeness (QED) is 0.741. The summed E-state index contributed by atoms with van der Waals surface area (Å²) in [6.45, 7) is 10.4. The molecule has 1 aromatic rings. The van der Waals surface area contributed by atoms with Crippen LogP contribution in [0, 0.1) is 6.57 Å². The molecule has 1 heterocycles. The number of hydrogen-bond donors (Lipinski definition) is 0. The molecular weight excluding hydrogens is 252 g/mol. The Hall–Kier alpha value is -0.850. The third-order valence-electron chi connectivity index (χ3n) is 2.76. The Labute approximate surface area is 98.8 Å². The number of nitrogens with zero attached hydrogens (tertiary/aromatic N) is 2. The maximum Gasteiger partial charge on any atom is 0.192 e. The fraction of sp³-hybridized carbons (Fsp3) is 0.417. The average Bonchev–Trinajstić information content (AvgIpc) is 2.73. The normalized spacial score (nSPS) is 16.5. The van der Waals surface area contributed by atoms with E-state index in [1.54, 1.807) is 0 Å². The van der Waals surface area contributed by atoms with Crippen LogP contribution in [0.3, 0.4) is 0 Å². The first-order valence-electron chi connectivity index (χ1n) is 5.18. The monoisotopic (exact) mass is 264 g/mol. The van der Waals surface area contributed by atoms with Crippen molar-refractivity contribution in [3.8, 4) is 0 Å². The second-order valence-electron chi connectivity index (χ2n) is 3.87. The molecule has 2 rings (SSSR count). The lowest BCUT2D eigenvalue weighted by molar-refractivity contribution is 0.332. The molecule has 15 heavy (non-hydrogen) atoms. The topological polar surface area (TPSA) is 7.60 Å². The predicted octanol–water partition coefficient (Wildman–Crippen LogP) is 3.60. The molecule has 0 spiro atoms. The lowest BCUT2D eigenvalue weighted by Crippen LogP contribution is -2.18. The molecule has 2 nitrogen and oxygen atoms in total. The van der Waals surface area contributed by atoms with E-state index >= 15 is 0 Å². The summed E-state index contributed by atoms with van der Waals surface area (Å²) in [5, 5.41) is 0. The summed E-state index contributed by atoms with van der Waals surface area (Å²) in [7, 11) is 0. The molecule has 1 aromatic carbocycles. The molecule has 1 fully saturated rings. The predicted molar refractivity (Wildman–Crippen MR) is 64.9 cm³/mol. The van der Waals surface area contributed by atoms with Crippen molar-refractivity contribution in [3.63, 3.8) is 0 Å². The standard InChI is InChI=1S/C12H13BrN2/c1-14-12-8-11(13)5-4-10(12)9-15-6-2-3-7-15/h4-5,8H,2-3,6-7,9H2. The highest BCUT2D eigenvalue weighted by Crippen LogP contribution is 2.26. The molecule has 78 valence electrons. The van der Waals surface area contributed by atoms with E-state index in [4.69, 9.17) is 6.57 Å². The first-order valence-corrected chi connectivity index (χ1v) is 5.97. The number of rotatable bonds is 2. The molecule has 0 aromatic heterocycles. The molecule has 0 bridgehead atoms. The molecule has 0 unspecified atom stereocenters. The summed E-state index contributed by atoms with van der Waals surface area (Å²) in [6.07, 6.45) is 2.59. The van der Waals surface area contributed by atoms with Gasteiger partial charge in [0.25, 0.3) is 0 Å². The van der Waals surface area contributed by atoms with Gasteiger partial charge in [-0.2, -0.15) is 0 Å². The summed E-state index contributed by atoms with van der Waals surface area (Å²) in [4.78, 5) is 5.98. The van der Waals surface area contributed by atoms with Crippen molar-refractivity contribution >= 4 is 21.6 Å². The van der Waals surface area contributed by atoms with Crippen molar-refractivity contribution in [1.82, 2.24) is 4.90 Å². The van der Waals surface area contributed by atoms with Crippen LogP contribution < -0.4 is 0 Å². The molecule has 1 aliphatic rings. The van der Waals surface area contributed by atoms with Gasteiger partial charge in [-0.3, -0.25) is 0 Å². The smallest absolute Gasteiger partial charge is 0.192 e. The van der Waals surface area contributed by atoms with Gasteiger partial charge in [-0.1, -0.05) is 28.1 Å². The van der Waals surface area contributed by atoms with Crippen molar-refractivity contribution in [1.29, 1.82) is 0 Å². The first-order chi connectivity index (χ1) is 7.29. The van der Waals surface area contributed by atoms with E-state index in [0.717, 1.165) is 22.3 Å². The van der Waals surface area contributed by atoms with Gasteiger partial charge in [0.15, 0.2) is 5.69 Å². The third-order valence-corrected chi connectivity index (χ3v) is 3.25. The van der Waals surface area contributed by atoms with E-state index in [0.29, 0.717) is 0 Å². The molecule has 0 saturated carbocycles. The first kappa shape index (κ1) is 10.7. The Kier molecular flexibility index (Phi) is 3.40. The molecule has 0 atom stereocenters. The number of likely N-dealkylation sites (tertiary alicyclic amines) is 1. The van der Waals surface area contributed by atoms with Crippen LogP contribution in [0.2, 0.25) is 0 Å². The van der Waals surface area contributed by atoms with Crippen LogP contribution in [0.5, 0.6) is 0 Å². The minimum atomic E-state index is 0.774. The van der Waals surface area contributed by atoms with Crippen LogP contribution >= 0.6 is 15.9 Å². The number of hydrogen-bond acceptors (Lipinski definition) is 1. The van der Waals surface area contributed by atoms with Crippen molar-refractivity contribution < 1.29 is 0 Å². The zero-order chi connectivity index (χ0) is 10.7. The molecule has 0 radical (unpaired) electrons. The number of halogens is 1. The Bertz CT molecular complexity index is 389. The van der Waals surface area contributed by atoms with E-state index in [1.165, 1.54) is 25.9 Å². The highest BCUT2D eigenvalue weighted by molar-refractivity contribution is 9.10. The molecule has 0 amide bonds. The summed E-state index contributed by atoms with van der Waals surface area (Å²) in [5.74, 6) is 0. The highest BCUT2D eigenvalue weighted by atomic mass is 79.9. The Morgan fingerprint density at radius 1 is 1.33 bits per heavy atom. The summed E-state index contributed by atoms with van der Waals surface area (Å²) < 4.78 is 0.985. The SMILES string of the molecule is [C-]#[N+]c1cc(Br)ccc1CN1CCCC1. The van der Waals surface area contributed by atoms with Crippen LogP contribution in [0.15, 0.2) is 22.7 Å². The lowest BCUT2D eigenvalue weighted by Gasteiger charge is -2.15. The highest BCUT2D eigenvalue weighted by Gasteiger charge is 2.13. The van der Waals surface area contributed by atoms with Gasteiger partial charge in [0, 0.05) is 11.0 Å². The summed E-state index contributed by atoms with van der Waals surface area (Å²) in [6, 6.07) is 5.97. The molecule has 0 aliphatic carbocycles. The van der Waals surface area contributed by atoms with E-state index < -0.39 is 0 Å². The molecule has 1 saturated heterocycles. The zero-order valence-electron chi connectivity index (χ0n) is 8.54. The van der Waals surface area contributed by atoms with Gasteiger partial charge >= 0.3 is 0 Å². The van der Waals surface area contributed by atoms with Crippen LogP contribution in [-0.4, -0.2) is 18.0 Å². The largest absolute Gasteiger partial charge is 0.300 e. The lowest BCUT2D eigenvalue weighted by atomic mass is 10.1. The molecule has 1 aliphatic heterocycles. The Morgan fingerprint density at radius 3 is 2.73 bits per heavy atom.